The fourth-order valence-electron chi connectivity index (χ4n) is 2.05. The van der Waals surface area contributed by atoms with E-state index < -0.39 is 0 Å². The predicted octanol–water partition coefficient (Wildman–Crippen LogP) is 2.55. The van der Waals surface area contributed by atoms with Crippen LogP contribution in [0, 0.1) is 0 Å². The molecule has 2 rings (SSSR count). The summed E-state index contributed by atoms with van der Waals surface area (Å²) in [6.07, 6.45) is 5.55. The van der Waals surface area contributed by atoms with Gasteiger partial charge in [-0.1, -0.05) is 19.3 Å². The van der Waals surface area contributed by atoms with E-state index in [1.54, 1.807) is 0 Å². The minimum atomic E-state index is -0.162. The summed E-state index contributed by atoms with van der Waals surface area (Å²) in [5.74, 6) is 0.300. The molecule has 2 nitrogen and oxygen atoms in total. The summed E-state index contributed by atoms with van der Waals surface area (Å²) >= 11 is 1.48. The van der Waals surface area contributed by atoms with E-state index in [0.717, 1.165) is 18.5 Å². The fraction of sp³-hybridized carbons (Fsp3) is 0.700. The lowest BCUT2D eigenvalue weighted by Gasteiger charge is -2.17. The van der Waals surface area contributed by atoms with Crippen molar-refractivity contribution < 1.29 is 5.11 Å². The maximum absolute atomic E-state index is 9.89. The maximum atomic E-state index is 9.89. The predicted molar refractivity (Wildman–Crippen MR) is 53.9 cm³/mol. The molecule has 2 atom stereocenters. The zero-order valence-electron chi connectivity index (χ0n) is 7.65. The second-order valence-corrected chi connectivity index (χ2v) is 4.40. The molecule has 13 heavy (non-hydrogen) atoms. The van der Waals surface area contributed by atoms with Crippen molar-refractivity contribution in [3.63, 3.8) is 0 Å². The molecule has 0 radical (unpaired) electrons. The molecule has 1 fully saturated rings. The third kappa shape index (κ3) is 2.09. The van der Waals surface area contributed by atoms with Crippen LogP contribution in [0.5, 0.6) is 0 Å². The first-order valence-electron chi connectivity index (χ1n) is 4.96. The van der Waals surface area contributed by atoms with Crippen LogP contribution < -0.4 is 0 Å². The van der Waals surface area contributed by atoms with Gasteiger partial charge in [-0.25, -0.2) is 0 Å². The normalized spacial score (nSPS) is 29.9. The summed E-state index contributed by atoms with van der Waals surface area (Å²) in [6.45, 7) is 0. The first-order valence-corrected chi connectivity index (χ1v) is 5.80. The van der Waals surface area contributed by atoms with Gasteiger partial charge < -0.3 is 5.11 Å². The van der Waals surface area contributed by atoms with E-state index in [0.29, 0.717) is 5.92 Å². The Morgan fingerprint density at radius 3 is 2.92 bits per heavy atom. The summed E-state index contributed by atoms with van der Waals surface area (Å²) in [5.41, 5.74) is 1.10. The zero-order valence-corrected chi connectivity index (χ0v) is 8.46. The lowest BCUT2D eigenvalue weighted by Crippen LogP contribution is -2.16. The summed E-state index contributed by atoms with van der Waals surface area (Å²) in [7, 11) is 0. The molecule has 0 aliphatic heterocycles. The molecular formula is C10H15NOS. The smallest absolute Gasteiger partial charge is 0.0624 e. The Morgan fingerprint density at radius 2 is 2.15 bits per heavy atom. The van der Waals surface area contributed by atoms with Crippen LogP contribution in [0.2, 0.25) is 0 Å². The van der Waals surface area contributed by atoms with Crippen molar-refractivity contribution in [2.45, 2.75) is 44.1 Å². The molecule has 1 aromatic heterocycles. The first kappa shape index (κ1) is 9.16. The molecule has 0 saturated heterocycles. The molecule has 2 unspecified atom stereocenters. The Balaban J connectivity index is 2.11. The Kier molecular flexibility index (Phi) is 2.96. The van der Waals surface area contributed by atoms with Crippen LogP contribution >= 0.6 is 11.5 Å². The van der Waals surface area contributed by atoms with Crippen LogP contribution in [0.3, 0.4) is 0 Å². The van der Waals surface area contributed by atoms with Crippen LogP contribution in [-0.2, 0) is 0 Å². The monoisotopic (exact) mass is 197 g/mol. The Bertz CT molecular complexity index is 247. The van der Waals surface area contributed by atoms with Crippen LogP contribution in [0.1, 0.15) is 43.7 Å². The highest BCUT2D eigenvalue weighted by atomic mass is 32.1. The van der Waals surface area contributed by atoms with E-state index in [2.05, 4.69) is 4.37 Å². The molecule has 1 aromatic rings. The Hall–Kier alpha value is -0.410. The highest BCUT2D eigenvalue weighted by molar-refractivity contribution is 7.03. The summed E-state index contributed by atoms with van der Waals surface area (Å²) in [4.78, 5) is 0. The van der Waals surface area contributed by atoms with Crippen molar-refractivity contribution in [2.75, 3.05) is 0 Å². The minimum absolute atomic E-state index is 0.162. The van der Waals surface area contributed by atoms with Crippen LogP contribution in [0.15, 0.2) is 11.4 Å². The number of hydrogen-bond acceptors (Lipinski definition) is 3. The van der Waals surface area contributed by atoms with Gasteiger partial charge >= 0.3 is 0 Å². The van der Waals surface area contributed by atoms with Gasteiger partial charge in [0, 0.05) is 11.3 Å². The molecule has 1 heterocycles. The Labute approximate surface area is 82.8 Å². The fourth-order valence-corrected chi connectivity index (χ4v) is 2.63. The summed E-state index contributed by atoms with van der Waals surface area (Å²) in [5, 5.41) is 11.9. The van der Waals surface area contributed by atoms with Crippen molar-refractivity contribution in [2.24, 2.45) is 0 Å². The van der Waals surface area contributed by atoms with Crippen LogP contribution in [0.4, 0.5) is 0 Å². The van der Waals surface area contributed by atoms with Crippen LogP contribution in [0.25, 0.3) is 0 Å². The average molecular weight is 197 g/mol. The van der Waals surface area contributed by atoms with E-state index in [1.165, 1.54) is 30.8 Å². The number of aliphatic hydroxyl groups is 1. The van der Waals surface area contributed by atoms with Gasteiger partial charge in [-0.15, -0.1) is 0 Å². The van der Waals surface area contributed by atoms with Gasteiger partial charge in [0.1, 0.15) is 0 Å². The number of nitrogens with zero attached hydrogens (tertiary/aromatic N) is 1. The highest BCUT2D eigenvalue weighted by Crippen LogP contribution is 2.31. The van der Waals surface area contributed by atoms with Gasteiger partial charge in [0.05, 0.1) is 11.8 Å². The lowest BCUT2D eigenvalue weighted by atomic mass is 9.94. The minimum Gasteiger partial charge on any atom is -0.392 e. The van der Waals surface area contributed by atoms with Gasteiger partial charge in [-0.3, -0.25) is 0 Å². The van der Waals surface area contributed by atoms with E-state index in [1.807, 2.05) is 11.4 Å². The number of aromatic nitrogens is 1. The molecule has 1 aliphatic rings. The van der Waals surface area contributed by atoms with Crippen molar-refractivity contribution >= 4 is 11.5 Å². The number of aliphatic hydroxyl groups excluding tert-OH is 1. The molecule has 72 valence electrons. The standard InChI is InChI=1S/C10H15NOS/c12-10-5-3-1-2-4-8(10)9-6-7-13-11-9/h6-8,10,12H,1-5H2. The van der Waals surface area contributed by atoms with Gasteiger partial charge in [0.2, 0.25) is 0 Å². The second kappa shape index (κ2) is 4.20. The second-order valence-electron chi connectivity index (χ2n) is 3.74. The number of rotatable bonds is 1. The maximum Gasteiger partial charge on any atom is 0.0624 e. The molecule has 1 N–H and O–H groups in total. The van der Waals surface area contributed by atoms with Crippen molar-refractivity contribution in [3.8, 4) is 0 Å². The van der Waals surface area contributed by atoms with Crippen LogP contribution in [-0.4, -0.2) is 15.6 Å². The van der Waals surface area contributed by atoms with E-state index in [4.69, 9.17) is 0 Å². The SMILES string of the molecule is OC1CCCCCC1c1ccsn1. The molecule has 3 heteroatoms. The first-order chi connectivity index (χ1) is 6.38. The largest absolute Gasteiger partial charge is 0.392 e. The van der Waals surface area contributed by atoms with E-state index >= 15 is 0 Å². The Morgan fingerprint density at radius 1 is 1.31 bits per heavy atom. The quantitative estimate of drug-likeness (QED) is 0.702. The molecule has 1 saturated carbocycles. The van der Waals surface area contributed by atoms with Gasteiger partial charge in [0.25, 0.3) is 0 Å². The van der Waals surface area contributed by atoms with E-state index in [9.17, 15) is 5.11 Å². The zero-order chi connectivity index (χ0) is 9.10. The lowest BCUT2D eigenvalue weighted by molar-refractivity contribution is 0.134. The van der Waals surface area contributed by atoms with Gasteiger partial charge in [0.15, 0.2) is 0 Å². The molecule has 1 aliphatic carbocycles. The van der Waals surface area contributed by atoms with Crippen molar-refractivity contribution in [1.82, 2.24) is 4.37 Å². The van der Waals surface area contributed by atoms with Crippen molar-refractivity contribution in [3.05, 3.63) is 17.1 Å². The third-order valence-electron chi connectivity index (χ3n) is 2.82. The average Bonchev–Trinajstić information content (AvgIpc) is 2.56. The number of hydrogen-bond donors (Lipinski definition) is 1. The third-order valence-corrected chi connectivity index (χ3v) is 3.39. The van der Waals surface area contributed by atoms with Gasteiger partial charge in [-0.05, 0) is 30.4 Å². The summed E-state index contributed by atoms with van der Waals surface area (Å²) < 4.78 is 4.31. The highest BCUT2D eigenvalue weighted by Gasteiger charge is 2.24. The van der Waals surface area contributed by atoms with E-state index in [-0.39, 0.29) is 6.10 Å². The molecule has 0 spiro atoms. The molecular weight excluding hydrogens is 182 g/mol. The molecule has 0 amide bonds. The topological polar surface area (TPSA) is 33.1 Å². The molecule has 0 bridgehead atoms. The van der Waals surface area contributed by atoms with Crippen molar-refractivity contribution in [1.29, 1.82) is 0 Å². The molecule has 0 aromatic carbocycles. The summed E-state index contributed by atoms with van der Waals surface area (Å²) in [6, 6.07) is 2.05. The van der Waals surface area contributed by atoms with Gasteiger partial charge in [-0.2, -0.15) is 4.37 Å².